The number of imide groups is 1. The molecule has 2 heterocycles. The summed E-state index contributed by atoms with van der Waals surface area (Å²) in [6.07, 6.45) is -0.216. The molecule has 0 aliphatic carbocycles. The van der Waals surface area contributed by atoms with Crippen molar-refractivity contribution >= 4 is 23.4 Å². The smallest absolute Gasteiger partial charge is 0.264 e. The van der Waals surface area contributed by atoms with Gasteiger partial charge in [-0.15, -0.1) is 0 Å². The molecule has 3 amide bonds. The number of hydrogen-bond acceptors (Lipinski definition) is 7. The number of nitrogens with zero attached hydrogens (tertiary/aromatic N) is 3. The number of primary amides is 1. The lowest BCUT2D eigenvalue weighted by atomic mass is 10.0. The summed E-state index contributed by atoms with van der Waals surface area (Å²) >= 11 is 0. The highest BCUT2D eigenvalue weighted by molar-refractivity contribution is 6.24. The van der Waals surface area contributed by atoms with E-state index in [1.165, 1.54) is 19.8 Å². The van der Waals surface area contributed by atoms with Crippen LogP contribution in [0.3, 0.4) is 0 Å². The van der Waals surface area contributed by atoms with E-state index in [-0.39, 0.29) is 12.5 Å². The Labute approximate surface area is 234 Å². The molecule has 3 aromatic carbocycles. The molecule has 1 saturated heterocycles. The van der Waals surface area contributed by atoms with Gasteiger partial charge >= 0.3 is 0 Å². The van der Waals surface area contributed by atoms with Gasteiger partial charge in [0.2, 0.25) is 5.91 Å². The molecule has 2 atom stereocenters. The van der Waals surface area contributed by atoms with E-state index in [1.807, 2.05) is 12.1 Å². The molecule has 40 heavy (non-hydrogen) atoms. The van der Waals surface area contributed by atoms with Gasteiger partial charge in [0.05, 0.1) is 43.5 Å². The maximum absolute atomic E-state index is 14.0. The quantitative estimate of drug-likeness (QED) is 0.410. The number of ether oxygens (including phenoxy) is 2. The van der Waals surface area contributed by atoms with Crippen LogP contribution in [0.1, 0.15) is 57.3 Å². The Morgan fingerprint density at radius 1 is 0.850 bits per heavy atom. The number of anilines is 1. The highest BCUT2D eigenvalue weighted by Crippen LogP contribution is 2.40. The van der Waals surface area contributed by atoms with Gasteiger partial charge in [-0.05, 0) is 42.3 Å². The average Bonchev–Trinajstić information content (AvgIpc) is 3.24. The SMILES string of the molecule is COc1ccc(C(CC(N)=O)N2C(=O)c3cccc(N4CCN([C@H](C)c5ccccc5)CC4)c3C2=O)cc1OC. The number of piperazine rings is 1. The Hall–Kier alpha value is -4.37. The molecule has 208 valence electrons. The van der Waals surface area contributed by atoms with Crippen LogP contribution >= 0.6 is 0 Å². The van der Waals surface area contributed by atoms with E-state index < -0.39 is 23.8 Å². The molecule has 0 bridgehead atoms. The van der Waals surface area contributed by atoms with Gasteiger partial charge < -0.3 is 20.1 Å². The van der Waals surface area contributed by atoms with Crippen LogP contribution < -0.4 is 20.1 Å². The molecule has 9 heteroatoms. The number of benzene rings is 3. The standard InChI is InChI=1S/C31H34N4O5/c1-20(21-8-5-4-6-9-21)33-14-16-34(17-15-33)24-11-7-10-23-29(24)31(38)35(30(23)37)25(19-28(32)36)22-12-13-26(39-2)27(18-22)40-3/h4-13,18,20,25H,14-17,19H2,1-3H3,(H2,32,36)/t20-,25?/m1/s1. The van der Waals surface area contributed by atoms with E-state index in [0.29, 0.717) is 28.2 Å². The molecule has 3 aromatic rings. The van der Waals surface area contributed by atoms with Gasteiger partial charge in [0, 0.05) is 32.2 Å². The Kier molecular flexibility index (Phi) is 7.75. The average molecular weight is 543 g/mol. The second-order valence-electron chi connectivity index (χ2n) is 10.1. The predicted octanol–water partition coefficient (Wildman–Crippen LogP) is 3.80. The van der Waals surface area contributed by atoms with Crippen molar-refractivity contribution in [3.63, 3.8) is 0 Å². The molecule has 1 unspecified atom stereocenters. The number of methoxy groups -OCH3 is 2. The molecule has 2 aliphatic heterocycles. The third-order valence-electron chi connectivity index (χ3n) is 7.91. The van der Waals surface area contributed by atoms with Crippen molar-refractivity contribution in [2.24, 2.45) is 5.73 Å². The maximum Gasteiger partial charge on any atom is 0.264 e. The monoisotopic (exact) mass is 542 g/mol. The molecular weight excluding hydrogens is 508 g/mol. The molecule has 5 rings (SSSR count). The van der Waals surface area contributed by atoms with Crippen molar-refractivity contribution in [1.82, 2.24) is 9.80 Å². The van der Waals surface area contributed by atoms with Gasteiger partial charge in [-0.3, -0.25) is 24.2 Å². The zero-order valence-corrected chi connectivity index (χ0v) is 23.0. The molecule has 2 aliphatic rings. The molecule has 0 radical (unpaired) electrons. The van der Waals surface area contributed by atoms with Gasteiger partial charge in [-0.25, -0.2) is 0 Å². The van der Waals surface area contributed by atoms with E-state index >= 15 is 0 Å². The minimum Gasteiger partial charge on any atom is -0.493 e. The number of amides is 3. The summed E-state index contributed by atoms with van der Waals surface area (Å²) in [5, 5.41) is 0. The van der Waals surface area contributed by atoms with Crippen molar-refractivity contribution in [2.45, 2.75) is 25.4 Å². The lowest BCUT2D eigenvalue weighted by Crippen LogP contribution is -2.47. The summed E-state index contributed by atoms with van der Waals surface area (Å²) in [6, 6.07) is 20.2. The number of nitrogens with two attached hydrogens (primary N) is 1. The number of fused-ring (bicyclic) bond motifs is 1. The van der Waals surface area contributed by atoms with Gasteiger partial charge in [-0.1, -0.05) is 42.5 Å². The minimum absolute atomic E-state index is 0.216. The number of rotatable bonds is 9. The van der Waals surface area contributed by atoms with E-state index in [4.69, 9.17) is 15.2 Å². The van der Waals surface area contributed by atoms with E-state index in [0.717, 1.165) is 36.8 Å². The Balaban J connectivity index is 1.42. The first-order valence-electron chi connectivity index (χ1n) is 13.4. The summed E-state index contributed by atoms with van der Waals surface area (Å²) in [6.45, 7) is 5.28. The van der Waals surface area contributed by atoms with Crippen LogP contribution in [0.25, 0.3) is 0 Å². The molecule has 0 aromatic heterocycles. The Morgan fingerprint density at radius 3 is 2.20 bits per heavy atom. The normalized spacial score (nSPS) is 17.0. The largest absolute Gasteiger partial charge is 0.493 e. The Morgan fingerprint density at radius 2 is 1.55 bits per heavy atom. The number of hydrogen-bond donors (Lipinski definition) is 1. The van der Waals surface area contributed by atoms with Crippen molar-refractivity contribution in [2.75, 3.05) is 45.3 Å². The van der Waals surface area contributed by atoms with Crippen LogP contribution in [0.15, 0.2) is 66.7 Å². The first kappa shape index (κ1) is 27.2. The first-order valence-corrected chi connectivity index (χ1v) is 13.4. The molecule has 9 nitrogen and oxygen atoms in total. The fraction of sp³-hybridized carbons (Fsp3) is 0.323. The zero-order valence-electron chi connectivity index (χ0n) is 23.0. The van der Waals surface area contributed by atoms with Gasteiger partial charge in [0.1, 0.15) is 0 Å². The summed E-state index contributed by atoms with van der Waals surface area (Å²) in [5.41, 5.74) is 8.84. The second-order valence-corrected chi connectivity index (χ2v) is 10.1. The third-order valence-corrected chi connectivity index (χ3v) is 7.91. The van der Waals surface area contributed by atoms with Crippen molar-refractivity contribution < 1.29 is 23.9 Å². The van der Waals surface area contributed by atoms with Crippen LogP contribution in [0.2, 0.25) is 0 Å². The minimum atomic E-state index is -0.888. The topological polar surface area (TPSA) is 105 Å². The van der Waals surface area contributed by atoms with Crippen LogP contribution in [0.4, 0.5) is 5.69 Å². The summed E-state index contributed by atoms with van der Waals surface area (Å²) < 4.78 is 10.7. The first-order chi connectivity index (χ1) is 19.3. The zero-order chi connectivity index (χ0) is 28.4. The van der Waals surface area contributed by atoms with Gasteiger partial charge in [0.15, 0.2) is 11.5 Å². The lowest BCUT2D eigenvalue weighted by molar-refractivity contribution is -0.118. The number of carbonyl (C=O) groups excluding carboxylic acids is 3. The van der Waals surface area contributed by atoms with Crippen molar-refractivity contribution in [3.8, 4) is 11.5 Å². The predicted molar refractivity (Wildman–Crippen MR) is 152 cm³/mol. The number of carbonyl (C=O) groups is 3. The maximum atomic E-state index is 14.0. The molecular formula is C31H34N4O5. The van der Waals surface area contributed by atoms with Gasteiger partial charge in [0.25, 0.3) is 11.8 Å². The van der Waals surface area contributed by atoms with E-state index in [9.17, 15) is 14.4 Å². The fourth-order valence-corrected chi connectivity index (χ4v) is 5.73. The lowest BCUT2D eigenvalue weighted by Gasteiger charge is -2.39. The highest BCUT2D eigenvalue weighted by atomic mass is 16.5. The fourth-order valence-electron chi connectivity index (χ4n) is 5.73. The van der Waals surface area contributed by atoms with Crippen LogP contribution in [0.5, 0.6) is 11.5 Å². The second kappa shape index (κ2) is 11.4. The van der Waals surface area contributed by atoms with Crippen LogP contribution in [-0.2, 0) is 4.79 Å². The van der Waals surface area contributed by atoms with Crippen LogP contribution in [-0.4, -0.2) is 67.9 Å². The van der Waals surface area contributed by atoms with Crippen molar-refractivity contribution in [1.29, 1.82) is 0 Å². The van der Waals surface area contributed by atoms with E-state index in [1.54, 1.807) is 30.3 Å². The van der Waals surface area contributed by atoms with Gasteiger partial charge in [-0.2, -0.15) is 0 Å². The molecule has 2 N–H and O–H groups in total. The third kappa shape index (κ3) is 5.00. The molecule has 0 saturated carbocycles. The van der Waals surface area contributed by atoms with Crippen LogP contribution in [0, 0.1) is 0 Å². The summed E-state index contributed by atoms with van der Waals surface area (Å²) in [5.74, 6) is -0.583. The molecule has 1 fully saturated rings. The summed E-state index contributed by atoms with van der Waals surface area (Å²) in [4.78, 5) is 45.5. The van der Waals surface area contributed by atoms with E-state index in [2.05, 4.69) is 41.0 Å². The Bertz CT molecular complexity index is 1420. The molecule has 0 spiro atoms. The van der Waals surface area contributed by atoms with Crippen molar-refractivity contribution in [3.05, 3.63) is 89.0 Å². The summed E-state index contributed by atoms with van der Waals surface area (Å²) in [7, 11) is 3.02. The highest BCUT2D eigenvalue weighted by Gasteiger charge is 2.43.